The van der Waals surface area contributed by atoms with Gasteiger partial charge in [0, 0.05) is 35.1 Å². The number of H-pyrrole nitrogens is 1. The molecule has 1 amide bonds. The van der Waals surface area contributed by atoms with Crippen molar-refractivity contribution in [3.8, 4) is 22.6 Å². The Labute approximate surface area is 147 Å². The lowest BCUT2D eigenvalue weighted by molar-refractivity contribution is 0.102. The van der Waals surface area contributed by atoms with Crippen LogP contribution in [0.2, 0.25) is 0 Å². The molecule has 4 rings (SSSR count). The van der Waals surface area contributed by atoms with Crippen LogP contribution in [0.5, 0.6) is 0 Å². The average Bonchev–Trinajstić information content (AvgIpc) is 3.33. The predicted octanol–water partition coefficient (Wildman–Crippen LogP) is 3.85. The highest BCUT2D eigenvalue weighted by molar-refractivity contribution is 7.13. The van der Waals surface area contributed by atoms with Crippen LogP contribution in [0.3, 0.4) is 0 Å². The first-order valence-corrected chi connectivity index (χ1v) is 8.46. The molecule has 7 heteroatoms. The second kappa shape index (κ2) is 6.66. The monoisotopic (exact) mass is 347 g/mol. The summed E-state index contributed by atoms with van der Waals surface area (Å²) >= 11 is 1.36. The lowest BCUT2D eigenvalue weighted by atomic mass is 10.1. The summed E-state index contributed by atoms with van der Waals surface area (Å²) in [6, 6.07) is 13.3. The number of rotatable bonds is 4. The standard InChI is InChI=1S/C18H13N5OS/c24-17(23-18-20-10-11-25-18)15-14(12-6-8-19-9-7-12)21-16(22-15)13-4-2-1-3-5-13/h1-11H,(H,21,22)(H,20,23,24). The van der Waals surface area contributed by atoms with Crippen LogP contribution in [-0.4, -0.2) is 25.8 Å². The molecule has 4 aromatic rings. The summed E-state index contributed by atoms with van der Waals surface area (Å²) in [5.74, 6) is 0.355. The number of nitrogens with one attached hydrogen (secondary N) is 2. The molecule has 1 aromatic carbocycles. The number of nitrogens with zero attached hydrogens (tertiary/aromatic N) is 3. The molecule has 6 nitrogen and oxygen atoms in total. The molecule has 0 spiro atoms. The highest BCUT2D eigenvalue weighted by Gasteiger charge is 2.20. The van der Waals surface area contributed by atoms with Crippen LogP contribution >= 0.6 is 11.3 Å². The van der Waals surface area contributed by atoms with Gasteiger partial charge in [0.2, 0.25) is 0 Å². The number of aromatic nitrogens is 4. The molecule has 122 valence electrons. The summed E-state index contributed by atoms with van der Waals surface area (Å²) in [5.41, 5.74) is 2.69. The molecule has 0 fully saturated rings. The Kier molecular flexibility index (Phi) is 4.05. The molecule has 0 aliphatic rings. The second-order valence-electron chi connectivity index (χ2n) is 5.20. The molecule has 0 saturated carbocycles. The molecule has 0 aliphatic carbocycles. The summed E-state index contributed by atoms with van der Waals surface area (Å²) in [7, 11) is 0. The zero-order valence-electron chi connectivity index (χ0n) is 13.0. The zero-order chi connectivity index (χ0) is 17.1. The fourth-order valence-corrected chi connectivity index (χ4v) is 2.96. The Morgan fingerprint density at radius 2 is 1.80 bits per heavy atom. The topological polar surface area (TPSA) is 83.6 Å². The largest absolute Gasteiger partial charge is 0.333 e. The Morgan fingerprint density at radius 3 is 2.52 bits per heavy atom. The van der Waals surface area contributed by atoms with Gasteiger partial charge in [0.05, 0.1) is 0 Å². The third-order valence-corrected chi connectivity index (χ3v) is 4.27. The number of hydrogen-bond donors (Lipinski definition) is 2. The lowest BCUT2D eigenvalue weighted by Crippen LogP contribution is -2.13. The molecule has 0 saturated heterocycles. The van der Waals surface area contributed by atoms with E-state index in [1.165, 1.54) is 11.3 Å². The van der Waals surface area contributed by atoms with Crippen LogP contribution in [0.15, 0.2) is 66.4 Å². The van der Waals surface area contributed by atoms with E-state index in [-0.39, 0.29) is 5.91 Å². The van der Waals surface area contributed by atoms with E-state index >= 15 is 0 Å². The van der Waals surface area contributed by atoms with Crippen LogP contribution in [0.25, 0.3) is 22.6 Å². The van der Waals surface area contributed by atoms with Gasteiger partial charge < -0.3 is 4.98 Å². The number of aromatic amines is 1. The maximum atomic E-state index is 12.7. The molecule has 25 heavy (non-hydrogen) atoms. The van der Waals surface area contributed by atoms with Crippen molar-refractivity contribution in [3.05, 3.63) is 72.1 Å². The van der Waals surface area contributed by atoms with Gasteiger partial charge >= 0.3 is 0 Å². The number of benzene rings is 1. The molecule has 2 N–H and O–H groups in total. The molecule has 3 aromatic heterocycles. The molecule has 0 bridgehead atoms. The number of imidazole rings is 1. The first kappa shape index (κ1) is 15.2. The normalized spacial score (nSPS) is 10.6. The molecule has 0 aliphatic heterocycles. The van der Waals surface area contributed by atoms with E-state index in [0.717, 1.165) is 11.1 Å². The summed E-state index contributed by atoms with van der Waals surface area (Å²) < 4.78 is 0. The molecule has 3 heterocycles. The minimum atomic E-state index is -0.281. The van der Waals surface area contributed by atoms with Crippen molar-refractivity contribution in [3.63, 3.8) is 0 Å². The van der Waals surface area contributed by atoms with Crippen molar-refractivity contribution in [2.75, 3.05) is 5.32 Å². The van der Waals surface area contributed by atoms with E-state index in [2.05, 4.69) is 25.3 Å². The van der Waals surface area contributed by atoms with Gasteiger partial charge in [-0.15, -0.1) is 11.3 Å². The number of thiazole rings is 1. The van der Waals surface area contributed by atoms with E-state index < -0.39 is 0 Å². The van der Waals surface area contributed by atoms with Gasteiger partial charge in [-0.2, -0.15) is 0 Å². The Bertz CT molecular complexity index is 981. The number of anilines is 1. The van der Waals surface area contributed by atoms with Crippen LogP contribution in [0.1, 0.15) is 10.5 Å². The summed E-state index contributed by atoms with van der Waals surface area (Å²) in [5, 5.41) is 5.15. The fourth-order valence-electron chi connectivity index (χ4n) is 2.43. The summed E-state index contributed by atoms with van der Waals surface area (Å²) in [4.78, 5) is 28.6. The van der Waals surface area contributed by atoms with Crippen LogP contribution in [0.4, 0.5) is 5.13 Å². The molecular weight excluding hydrogens is 334 g/mol. The molecule has 0 radical (unpaired) electrons. The Balaban J connectivity index is 1.78. The van der Waals surface area contributed by atoms with E-state index in [0.29, 0.717) is 22.3 Å². The van der Waals surface area contributed by atoms with Gasteiger partial charge in [0.15, 0.2) is 5.13 Å². The number of amides is 1. The minimum Gasteiger partial charge on any atom is -0.333 e. The highest BCUT2D eigenvalue weighted by atomic mass is 32.1. The van der Waals surface area contributed by atoms with E-state index in [9.17, 15) is 4.79 Å². The smallest absolute Gasteiger partial charge is 0.276 e. The highest BCUT2D eigenvalue weighted by Crippen LogP contribution is 2.26. The van der Waals surface area contributed by atoms with Gasteiger partial charge in [0.25, 0.3) is 5.91 Å². The maximum Gasteiger partial charge on any atom is 0.276 e. The quantitative estimate of drug-likeness (QED) is 0.587. The van der Waals surface area contributed by atoms with E-state index in [4.69, 9.17) is 0 Å². The van der Waals surface area contributed by atoms with Crippen molar-refractivity contribution < 1.29 is 4.79 Å². The summed E-state index contributed by atoms with van der Waals surface area (Å²) in [6.07, 6.45) is 5.00. The third kappa shape index (κ3) is 3.17. The van der Waals surface area contributed by atoms with Gasteiger partial charge in [-0.1, -0.05) is 30.3 Å². The second-order valence-corrected chi connectivity index (χ2v) is 6.10. The number of pyridine rings is 1. The van der Waals surface area contributed by atoms with Gasteiger partial charge in [-0.3, -0.25) is 15.1 Å². The first-order valence-electron chi connectivity index (χ1n) is 7.58. The zero-order valence-corrected chi connectivity index (χ0v) is 13.8. The van der Waals surface area contributed by atoms with Crippen molar-refractivity contribution in [1.82, 2.24) is 19.9 Å². The van der Waals surface area contributed by atoms with Gasteiger partial charge in [-0.05, 0) is 12.1 Å². The van der Waals surface area contributed by atoms with Crippen molar-refractivity contribution in [1.29, 1.82) is 0 Å². The van der Waals surface area contributed by atoms with E-state index in [1.54, 1.807) is 18.6 Å². The Hall–Kier alpha value is -3.32. The Morgan fingerprint density at radius 1 is 1.00 bits per heavy atom. The van der Waals surface area contributed by atoms with Crippen LogP contribution < -0.4 is 5.32 Å². The SMILES string of the molecule is O=C(Nc1nccs1)c1[nH]c(-c2ccccc2)nc1-c1ccncc1. The molecular formula is C18H13N5OS. The molecule has 0 unspecified atom stereocenters. The third-order valence-electron chi connectivity index (χ3n) is 3.58. The first-order chi connectivity index (χ1) is 12.3. The van der Waals surface area contributed by atoms with Crippen molar-refractivity contribution in [2.24, 2.45) is 0 Å². The number of hydrogen-bond acceptors (Lipinski definition) is 5. The van der Waals surface area contributed by atoms with Gasteiger partial charge in [0.1, 0.15) is 17.2 Å². The number of carbonyl (C=O) groups is 1. The molecule has 0 atom stereocenters. The van der Waals surface area contributed by atoms with Crippen LogP contribution in [-0.2, 0) is 0 Å². The predicted molar refractivity (Wildman–Crippen MR) is 97.3 cm³/mol. The lowest BCUT2D eigenvalue weighted by Gasteiger charge is -2.02. The maximum absolute atomic E-state index is 12.7. The average molecular weight is 347 g/mol. The van der Waals surface area contributed by atoms with Crippen molar-refractivity contribution in [2.45, 2.75) is 0 Å². The van der Waals surface area contributed by atoms with E-state index in [1.807, 2.05) is 47.8 Å². The summed E-state index contributed by atoms with van der Waals surface area (Å²) in [6.45, 7) is 0. The van der Waals surface area contributed by atoms with Crippen LogP contribution in [0, 0.1) is 0 Å². The van der Waals surface area contributed by atoms with Crippen molar-refractivity contribution >= 4 is 22.4 Å². The fraction of sp³-hybridized carbons (Fsp3) is 0. The van der Waals surface area contributed by atoms with Gasteiger partial charge in [-0.25, -0.2) is 9.97 Å². The minimum absolute atomic E-state index is 0.281. The number of carbonyl (C=O) groups excluding carboxylic acids is 1.